The number of nitrogens with zero attached hydrogens (tertiary/aromatic N) is 5. The number of imidazole rings is 1. The monoisotopic (exact) mass is 393 g/mol. The molecule has 0 aliphatic carbocycles. The molecule has 2 N–H and O–H groups in total. The molecule has 152 valence electrons. The van der Waals surface area contributed by atoms with Crippen LogP contribution in [0.15, 0.2) is 36.4 Å². The fourth-order valence-electron chi connectivity index (χ4n) is 3.70. The van der Waals surface area contributed by atoms with Gasteiger partial charge in [-0.25, -0.2) is 4.98 Å². The predicted octanol–water partition coefficient (Wildman–Crippen LogP) is 2.85. The first kappa shape index (κ1) is 19.2. The quantitative estimate of drug-likeness (QED) is 0.670. The number of amides is 1. The Morgan fingerprint density at radius 2 is 1.93 bits per heavy atom. The predicted molar refractivity (Wildman–Crippen MR) is 114 cm³/mol. The molecule has 3 heterocycles. The van der Waals surface area contributed by atoms with Crippen molar-refractivity contribution in [2.24, 2.45) is 13.0 Å². The van der Waals surface area contributed by atoms with Gasteiger partial charge in [-0.3, -0.25) is 4.79 Å². The number of carbonyl (C=O) groups is 1. The van der Waals surface area contributed by atoms with Crippen molar-refractivity contribution in [1.29, 1.82) is 0 Å². The zero-order valence-corrected chi connectivity index (χ0v) is 16.9. The lowest BCUT2D eigenvalue weighted by Gasteiger charge is -2.31. The maximum atomic E-state index is 12.1. The molecule has 0 unspecified atom stereocenters. The van der Waals surface area contributed by atoms with Gasteiger partial charge < -0.3 is 20.1 Å². The average Bonchev–Trinajstić information content (AvgIpc) is 3.08. The fraction of sp³-hybridized carbons (Fsp3) is 0.429. The van der Waals surface area contributed by atoms with E-state index < -0.39 is 0 Å². The topological polar surface area (TPSA) is 88.0 Å². The van der Waals surface area contributed by atoms with E-state index in [1.807, 2.05) is 48.0 Å². The first-order valence-corrected chi connectivity index (χ1v) is 10.2. The Balaban J connectivity index is 1.37. The number of anilines is 3. The molecule has 1 amide bonds. The van der Waals surface area contributed by atoms with E-state index in [4.69, 9.17) is 0 Å². The van der Waals surface area contributed by atoms with Crippen LogP contribution in [0.2, 0.25) is 0 Å². The molecule has 8 heteroatoms. The van der Waals surface area contributed by atoms with Crippen LogP contribution in [-0.2, 0) is 11.8 Å². The molecular formula is C21H27N7O. The van der Waals surface area contributed by atoms with Gasteiger partial charge in [-0.15, -0.1) is 10.2 Å². The molecule has 0 saturated carbocycles. The van der Waals surface area contributed by atoms with Crippen LogP contribution in [0.25, 0.3) is 11.0 Å². The molecule has 3 aromatic rings. The van der Waals surface area contributed by atoms with Crippen molar-refractivity contribution in [3.8, 4) is 0 Å². The molecular weight excluding hydrogens is 366 g/mol. The average molecular weight is 393 g/mol. The van der Waals surface area contributed by atoms with Crippen LogP contribution < -0.4 is 15.5 Å². The zero-order chi connectivity index (χ0) is 20.2. The number of para-hydroxylation sites is 2. The lowest BCUT2D eigenvalue weighted by Crippen LogP contribution is -2.41. The number of nitrogens with one attached hydrogen (secondary N) is 2. The zero-order valence-electron chi connectivity index (χ0n) is 16.9. The van der Waals surface area contributed by atoms with Gasteiger partial charge in [-0.2, -0.15) is 0 Å². The number of aromatic nitrogens is 4. The largest absolute Gasteiger partial charge is 0.356 e. The minimum Gasteiger partial charge on any atom is -0.356 e. The van der Waals surface area contributed by atoms with Gasteiger partial charge in [0.25, 0.3) is 0 Å². The van der Waals surface area contributed by atoms with E-state index in [0.717, 1.165) is 61.7 Å². The smallest absolute Gasteiger partial charge is 0.223 e. The van der Waals surface area contributed by atoms with Gasteiger partial charge in [0.05, 0.1) is 11.0 Å². The summed E-state index contributed by atoms with van der Waals surface area (Å²) in [7, 11) is 1.97. The maximum absolute atomic E-state index is 12.1. The van der Waals surface area contributed by atoms with Gasteiger partial charge in [0.2, 0.25) is 11.9 Å². The van der Waals surface area contributed by atoms with Gasteiger partial charge in [-0.05, 0) is 43.5 Å². The van der Waals surface area contributed by atoms with Crippen molar-refractivity contribution in [2.45, 2.75) is 26.2 Å². The lowest BCUT2D eigenvalue weighted by atomic mass is 9.96. The van der Waals surface area contributed by atoms with E-state index >= 15 is 0 Å². The van der Waals surface area contributed by atoms with E-state index in [0.29, 0.717) is 5.82 Å². The minimum absolute atomic E-state index is 0.101. The molecule has 1 saturated heterocycles. The normalized spacial score (nSPS) is 14.9. The molecule has 0 atom stereocenters. The maximum Gasteiger partial charge on any atom is 0.223 e. The Labute approximate surface area is 170 Å². The Bertz CT molecular complexity index is 974. The number of hydrogen-bond donors (Lipinski definition) is 2. The molecule has 0 bridgehead atoms. The Kier molecular flexibility index (Phi) is 5.59. The van der Waals surface area contributed by atoms with Crippen LogP contribution in [0.5, 0.6) is 0 Å². The third-order valence-corrected chi connectivity index (χ3v) is 5.42. The summed E-state index contributed by atoms with van der Waals surface area (Å²) in [5.74, 6) is 2.50. The van der Waals surface area contributed by atoms with Crippen LogP contribution >= 0.6 is 0 Å². The van der Waals surface area contributed by atoms with E-state index in [2.05, 4.69) is 37.6 Å². The molecule has 29 heavy (non-hydrogen) atoms. The highest BCUT2D eigenvalue weighted by Gasteiger charge is 2.25. The molecule has 1 aliphatic rings. The summed E-state index contributed by atoms with van der Waals surface area (Å²) >= 11 is 0. The number of piperidine rings is 1. The highest BCUT2D eigenvalue weighted by molar-refractivity contribution is 5.79. The van der Waals surface area contributed by atoms with E-state index in [1.165, 1.54) is 0 Å². The third-order valence-electron chi connectivity index (χ3n) is 5.42. The first-order chi connectivity index (χ1) is 14.2. The van der Waals surface area contributed by atoms with Gasteiger partial charge in [0.1, 0.15) is 0 Å². The Hall–Kier alpha value is -3.16. The van der Waals surface area contributed by atoms with Crippen LogP contribution in [0.3, 0.4) is 0 Å². The van der Waals surface area contributed by atoms with Crippen molar-refractivity contribution >= 4 is 34.5 Å². The molecule has 1 aliphatic heterocycles. The highest BCUT2D eigenvalue weighted by Crippen LogP contribution is 2.24. The lowest BCUT2D eigenvalue weighted by molar-refractivity contribution is -0.125. The molecule has 2 aromatic heterocycles. The van der Waals surface area contributed by atoms with E-state index in [-0.39, 0.29) is 11.8 Å². The van der Waals surface area contributed by atoms with Gasteiger partial charge >= 0.3 is 0 Å². The van der Waals surface area contributed by atoms with Gasteiger partial charge in [0.15, 0.2) is 11.6 Å². The molecule has 0 radical (unpaired) electrons. The van der Waals surface area contributed by atoms with Crippen LogP contribution in [0.1, 0.15) is 26.2 Å². The summed E-state index contributed by atoms with van der Waals surface area (Å²) in [5, 5.41) is 14.9. The Morgan fingerprint density at radius 3 is 2.62 bits per heavy atom. The van der Waals surface area contributed by atoms with Gasteiger partial charge in [-0.1, -0.05) is 19.1 Å². The highest BCUT2D eigenvalue weighted by atomic mass is 16.1. The van der Waals surface area contributed by atoms with Crippen molar-refractivity contribution in [1.82, 2.24) is 25.1 Å². The van der Waals surface area contributed by atoms with Crippen molar-refractivity contribution in [3.05, 3.63) is 36.4 Å². The summed E-state index contributed by atoms with van der Waals surface area (Å²) in [6, 6.07) is 11.9. The van der Waals surface area contributed by atoms with Crippen LogP contribution in [0.4, 0.5) is 17.6 Å². The number of rotatable bonds is 6. The number of carbonyl (C=O) groups excluding carboxylic acids is 1. The van der Waals surface area contributed by atoms with E-state index in [9.17, 15) is 4.79 Å². The summed E-state index contributed by atoms with van der Waals surface area (Å²) in [6.07, 6.45) is 2.66. The summed E-state index contributed by atoms with van der Waals surface area (Å²) in [4.78, 5) is 18.9. The number of hydrogen-bond acceptors (Lipinski definition) is 6. The van der Waals surface area contributed by atoms with Crippen LogP contribution in [-0.4, -0.2) is 45.3 Å². The number of benzene rings is 1. The summed E-state index contributed by atoms with van der Waals surface area (Å²) in [6.45, 7) is 4.45. The molecule has 1 aromatic carbocycles. The number of fused-ring (bicyclic) bond motifs is 1. The molecule has 8 nitrogen and oxygen atoms in total. The number of aryl methyl sites for hydroxylation is 1. The standard InChI is InChI=1S/C21H27N7O/c1-3-12-22-20(29)15-10-13-28(14-11-15)19-9-8-18(25-26-19)24-21-23-16-6-4-5-7-17(16)27(21)2/h4-9,15H,3,10-14H2,1-2H3,(H,22,29)(H,23,24,25). The summed E-state index contributed by atoms with van der Waals surface area (Å²) < 4.78 is 2.00. The second kappa shape index (κ2) is 8.46. The van der Waals surface area contributed by atoms with Crippen LogP contribution in [0, 0.1) is 5.92 Å². The summed E-state index contributed by atoms with van der Waals surface area (Å²) in [5.41, 5.74) is 2.00. The second-order valence-corrected chi connectivity index (χ2v) is 7.44. The van der Waals surface area contributed by atoms with Crippen molar-refractivity contribution in [3.63, 3.8) is 0 Å². The van der Waals surface area contributed by atoms with Gasteiger partial charge in [0, 0.05) is 32.6 Å². The van der Waals surface area contributed by atoms with Crippen molar-refractivity contribution < 1.29 is 4.79 Å². The molecule has 1 fully saturated rings. The molecule has 4 rings (SSSR count). The third kappa shape index (κ3) is 4.16. The fourth-order valence-corrected chi connectivity index (χ4v) is 3.70. The van der Waals surface area contributed by atoms with E-state index in [1.54, 1.807) is 0 Å². The first-order valence-electron chi connectivity index (χ1n) is 10.2. The Morgan fingerprint density at radius 1 is 1.14 bits per heavy atom. The van der Waals surface area contributed by atoms with Crippen molar-refractivity contribution in [2.75, 3.05) is 29.9 Å². The minimum atomic E-state index is 0.101. The second-order valence-electron chi connectivity index (χ2n) is 7.44. The SMILES string of the molecule is CCCNC(=O)C1CCN(c2ccc(Nc3nc4ccccc4n3C)nn2)CC1. The molecule has 0 spiro atoms.